The zero-order valence-electron chi connectivity index (χ0n) is 12.5. The molecular weight excluding hydrogens is 272 g/mol. The van der Waals surface area contributed by atoms with Crippen LogP contribution in [0.1, 0.15) is 31.9 Å². The molecule has 0 radical (unpaired) electrons. The van der Waals surface area contributed by atoms with Gasteiger partial charge in [0.2, 0.25) is 0 Å². The van der Waals surface area contributed by atoms with Gasteiger partial charge in [0.1, 0.15) is 5.69 Å². The Kier molecular flexibility index (Phi) is 6.32. The van der Waals surface area contributed by atoms with E-state index in [1.54, 1.807) is 0 Å². The molecule has 1 aromatic heterocycles. The summed E-state index contributed by atoms with van der Waals surface area (Å²) in [5.41, 5.74) is 0.661. The topological polar surface area (TPSA) is 54.2 Å². The van der Waals surface area contributed by atoms with Gasteiger partial charge in [0, 0.05) is 11.8 Å². The van der Waals surface area contributed by atoms with Crippen LogP contribution in [0.3, 0.4) is 0 Å². The number of aliphatic hydroxyl groups excluding tert-OH is 1. The van der Waals surface area contributed by atoms with Crippen LogP contribution in [0.2, 0.25) is 0 Å². The van der Waals surface area contributed by atoms with Crippen LogP contribution in [-0.2, 0) is 13.2 Å². The second-order valence-electron chi connectivity index (χ2n) is 5.71. The lowest BCUT2D eigenvalue weighted by Crippen LogP contribution is -2.36. The quantitative estimate of drug-likeness (QED) is 0.829. The van der Waals surface area contributed by atoms with Crippen LogP contribution >= 0.6 is 11.8 Å². The highest BCUT2D eigenvalue weighted by Gasteiger charge is 2.20. The normalized spacial score (nSPS) is 19.4. The molecule has 1 fully saturated rings. The summed E-state index contributed by atoms with van der Waals surface area (Å²) in [4.78, 5) is 2.59. The molecule has 20 heavy (non-hydrogen) atoms. The maximum atomic E-state index is 8.99. The monoisotopic (exact) mass is 298 g/mol. The van der Waals surface area contributed by atoms with Gasteiger partial charge in [-0.2, -0.15) is 11.8 Å². The fourth-order valence-corrected chi connectivity index (χ4v) is 2.98. The molecule has 1 N–H and O–H groups in total. The first kappa shape index (κ1) is 15.8. The fourth-order valence-electron chi connectivity index (χ4n) is 2.64. The van der Waals surface area contributed by atoms with Crippen LogP contribution in [0, 0.1) is 5.92 Å². The Morgan fingerprint density at radius 3 is 2.80 bits per heavy atom. The van der Waals surface area contributed by atoms with Gasteiger partial charge in [0.05, 0.1) is 12.8 Å². The molecular formula is C14H26N4OS. The van der Waals surface area contributed by atoms with Crippen LogP contribution in [0.25, 0.3) is 0 Å². The molecule has 2 rings (SSSR count). The lowest BCUT2D eigenvalue weighted by Gasteiger charge is -2.32. The van der Waals surface area contributed by atoms with E-state index in [0.29, 0.717) is 11.6 Å². The Hall–Kier alpha value is -0.590. The lowest BCUT2D eigenvalue weighted by atomic mass is 9.96. The summed E-state index contributed by atoms with van der Waals surface area (Å²) < 4.78 is 1.88. The van der Waals surface area contributed by atoms with Crippen molar-refractivity contribution in [2.45, 2.75) is 44.6 Å². The van der Waals surface area contributed by atoms with E-state index >= 15 is 0 Å². The Morgan fingerprint density at radius 1 is 1.45 bits per heavy atom. The van der Waals surface area contributed by atoms with Crippen LogP contribution in [-0.4, -0.2) is 56.1 Å². The maximum Gasteiger partial charge on any atom is 0.108 e. The van der Waals surface area contributed by atoms with Gasteiger partial charge in [-0.15, -0.1) is 5.10 Å². The molecule has 1 saturated heterocycles. The number of hydrogen-bond acceptors (Lipinski definition) is 5. The van der Waals surface area contributed by atoms with E-state index in [2.05, 4.69) is 28.4 Å². The summed E-state index contributed by atoms with van der Waals surface area (Å²) in [5.74, 6) is 0.692. The molecule has 2 heterocycles. The second-order valence-corrected chi connectivity index (χ2v) is 6.99. The maximum absolute atomic E-state index is 8.99. The molecule has 0 amide bonds. The smallest absolute Gasteiger partial charge is 0.108 e. The van der Waals surface area contributed by atoms with E-state index in [9.17, 15) is 0 Å². The Morgan fingerprint density at radius 2 is 2.20 bits per heavy atom. The summed E-state index contributed by atoms with van der Waals surface area (Å²) in [5, 5.41) is 17.7. The first-order chi connectivity index (χ1) is 9.71. The molecule has 1 atom stereocenters. The average Bonchev–Trinajstić information content (AvgIpc) is 2.94. The van der Waals surface area contributed by atoms with E-state index in [1.807, 2.05) is 22.6 Å². The molecule has 0 aliphatic carbocycles. The SMILES string of the molecule is CS[C@@H](C)CCN1CCC(Cn2cc(CO)nn2)CC1. The van der Waals surface area contributed by atoms with Crippen molar-refractivity contribution in [1.82, 2.24) is 19.9 Å². The van der Waals surface area contributed by atoms with Gasteiger partial charge in [-0.25, -0.2) is 0 Å². The molecule has 0 aromatic carbocycles. The predicted octanol–water partition coefficient (Wildman–Crippen LogP) is 1.62. The number of piperidine rings is 1. The predicted molar refractivity (Wildman–Crippen MR) is 82.7 cm³/mol. The van der Waals surface area contributed by atoms with E-state index in [-0.39, 0.29) is 6.61 Å². The van der Waals surface area contributed by atoms with Gasteiger partial charge < -0.3 is 10.0 Å². The van der Waals surface area contributed by atoms with Crippen molar-refractivity contribution in [3.63, 3.8) is 0 Å². The molecule has 0 unspecified atom stereocenters. The standard InChI is InChI=1S/C14H26N4OS/c1-12(20-2)3-6-17-7-4-13(5-8-17)9-18-10-14(11-19)15-16-18/h10,12-13,19H,3-9,11H2,1-2H3/t12-/m0/s1. The zero-order chi connectivity index (χ0) is 14.4. The van der Waals surface area contributed by atoms with Gasteiger partial charge in [0.15, 0.2) is 0 Å². The second kappa shape index (κ2) is 8.00. The van der Waals surface area contributed by atoms with Crippen LogP contribution in [0.15, 0.2) is 6.20 Å². The number of hydrogen-bond donors (Lipinski definition) is 1. The van der Waals surface area contributed by atoms with Gasteiger partial charge >= 0.3 is 0 Å². The van der Waals surface area contributed by atoms with Gasteiger partial charge in [-0.05, 0) is 51.1 Å². The number of aromatic nitrogens is 3. The molecule has 0 bridgehead atoms. The van der Waals surface area contributed by atoms with Gasteiger partial charge in [-0.1, -0.05) is 12.1 Å². The number of rotatable bonds is 7. The third kappa shape index (κ3) is 4.75. The molecule has 0 saturated carbocycles. The minimum atomic E-state index is -0.0218. The summed E-state index contributed by atoms with van der Waals surface area (Å²) in [6, 6.07) is 0. The van der Waals surface area contributed by atoms with Crippen molar-refractivity contribution in [1.29, 1.82) is 0 Å². The largest absolute Gasteiger partial charge is 0.390 e. The van der Waals surface area contributed by atoms with Crippen LogP contribution in [0.4, 0.5) is 0 Å². The molecule has 1 aliphatic rings. The van der Waals surface area contributed by atoms with Crippen LogP contribution < -0.4 is 0 Å². The van der Waals surface area contributed by atoms with Crippen molar-refractivity contribution in [3.05, 3.63) is 11.9 Å². The molecule has 1 aliphatic heterocycles. The summed E-state index contributed by atoms with van der Waals surface area (Å²) in [6.45, 7) is 6.85. The average molecular weight is 298 g/mol. The third-order valence-corrected chi connectivity index (χ3v) is 5.20. The van der Waals surface area contributed by atoms with Gasteiger partial charge in [0.25, 0.3) is 0 Å². The van der Waals surface area contributed by atoms with Crippen LogP contribution in [0.5, 0.6) is 0 Å². The molecule has 0 spiro atoms. The van der Waals surface area contributed by atoms with E-state index in [4.69, 9.17) is 5.11 Å². The van der Waals surface area contributed by atoms with E-state index in [0.717, 1.165) is 11.8 Å². The number of likely N-dealkylation sites (tertiary alicyclic amines) is 1. The third-order valence-electron chi connectivity index (χ3n) is 4.15. The number of nitrogens with zero attached hydrogens (tertiary/aromatic N) is 4. The highest BCUT2D eigenvalue weighted by atomic mass is 32.2. The van der Waals surface area contributed by atoms with Crippen molar-refractivity contribution in [2.75, 3.05) is 25.9 Å². The highest BCUT2D eigenvalue weighted by Crippen LogP contribution is 2.20. The minimum absolute atomic E-state index is 0.0218. The van der Waals surface area contributed by atoms with E-state index < -0.39 is 0 Å². The fraction of sp³-hybridized carbons (Fsp3) is 0.857. The lowest BCUT2D eigenvalue weighted by molar-refractivity contribution is 0.169. The Balaban J connectivity index is 1.68. The van der Waals surface area contributed by atoms with Crippen molar-refractivity contribution in [3.8, 4) is 0 Å². The summed E-state index contributed by atoms with van der Waals surface area (Å²) in [7, 11) is 0. The van der Waals surface area contributed by atoms with Gasteiger partial charge in [-0.3, -0.25) is 4.68 Å². The molecule has 5 nitrogen and oxygen atoms in total. The van der Waals surface area contributed by atoms with Crippen molar-refractivity contribution < 1.29 is 5.11 Å². The molecule has 1 aromatic rings. The number of aliphatic hydroxyl groups is 1. The van der Waals surface area contributed by atoms with E-state index in [1.165, 1.54) is 38.9 Å². The van der Waals surface area contributed by atoms with Crippen molar-refractivity contribution >= 4 is 11.8 Å². The first-order valence-electron chi connectivity index (χ1n) is 7.46. The first-order valence-corrected chi connectivity index (χ1v) is 8.75. The summed E-state index contributed by atoms with van der Waals surface area (Å²) >= 11 is 1.95. The Bertz CT molecular complexity index is 390. The highest BCUT2D eigenvalue weighted by molar-refractivity contribution is 7.99. The zero-order valence-corrected chi connectivity index (χ0v) is 13.3. The minimum Gasteiger partial charge on any atom is -0.390 e. The summed E-state index contributed by atoms with van der Waals surface area (Å²) in [6.07, 6.45) is 7.81. The number of thioether (sulfide) groups is 1. The van der Waals surface area contributed by atoms with Crippen molar-refractivity contribution in [2.24, 2.45) is 5.92 Å². The molecule has 6 heteroatoms. The molecule has 114 valence electrons. The Labute approximate surface area is 125 Å².